The van der Waals surface area contributed by atoms with Gasteiger partial charge in [-0.2, -0.15) is 0 Å². The number of hydrogen-bond acceptors (Lipinski definition) is 5. The average molecular weight is 536 g/mol. The van der Waals surface area contributed by atoms with Gasteiger partial charge in [0.05, 0.1) is 18.8 Å². The largest absolute Gasteiger partial charge is 0.474 e. The van der Waals surface area contributed by atoms with Gasteiger partial charge in [-0.05, 0) is 62.6 Å². The molecule has 0 aromatic heterocycles. The molecule has 2 saturated heterocycles. The van der Waals surface area contributed by atoms with Crippen LogP contribution in [0.15, 0.2) is 30.0 Å². The van der Waals surface area contributed by atoms with Gasteiger partial charge < -0.3 is 18.7 Å². The van der Waals surface area contributed by atoms with Gasteiger partial charge in [-0.25, -0.2) is 0 Å². The van der Waals surface area contributed by atoms with Crippen LogP contribution in [0.4, 0.5) is 0 Å². The zero-order valence-electron chi connectivity index (χ0n) is 25.3. The smallest absolute Gasteiger partial charge is 0.286 e. The van der Waals surface area contributed by atoms with E-state index >= 15 is 0 Å². The topological polar surface area (TPSA) is 49.3 Å². The summed E-state index contributed by atoms with van der Waals surface area (Å²) in [4.78, 5) is 0. The highest BCUT2D eigenvalue weighted by atomic mass is 28.4. The minimum Gasteiger partial charge on any atom is -0.474 e. The highest BCUT2D eigenvalue weighted by Crippen LogP contribution is 2.45. The van der Waals surface area contributed by atoms with Gasteiger partial charge in [0, 0.05) is 17.9 Å². The Morgan fingerprint density at radius 2 is 1.73 bits per heavy atom. The first-order chi connectivity index (χ1) is 17.4. The second-order valence-corrected chi connectivity index (χ2v) is 17.9. The van der Waals surface area contributed by atoms with Crippen LogP contribution < -0.4 is 0 Å². The van der Waals surface area contributed by atoms with Crippen LogP contribution in [0, 0.1) is 17.3 Å². The van der Waals surface area contributed by atoms with E-state index in [2.05, 4.69) is 78.5 Å². The Kier molecular flexibility index (Phi) is 12.9. The lowest BCUT2D eigenvalue weighted by atomic mass is 9.78. The Hall–Kier alpha value is -1.11. The van der Waals surface area contributed by atoms with Crippen molar-refractivity contribution >= 4 is 14.2 Å². The van der Waals surface area contributed by atoms with Gasteiger partial charge >= 0.3 is 0 Å². The summed E-state index contributed by atoms with van der Waals surface area (Å²) in [5.41, 5.74) is -0.223. The van der Waals surface area contributed by atoms with Crippen LogP contribution in [0.3, 0.4) is 0 Å². The fourth-order valence-corrected chi connectivity index (χ4v) is 5.56. The summed E-state index contributed by atoms with van der Waals surface area (Å²) in [7, 11) is -2.01. The van der Waals surface area contributed by atoms with E-state index in [0.29, 0.717) is 36.5 Å². The molecule has 0 saturated carbocycles. The quantitative estimate of drug-likeness (QED) is 0.0467. The highest BCUT2D eigenvalue weighted by molar-refractivity contribution is 6.74. The number of nitrogens with zero attached hydrogens (tertiary/aromatic N) is 1. The van der Waals surface area contributed by atoms with E-state index < -0.39 is 8.32 Å². The van der Waals surface area contributed by atoms with Crippen LogP contribution in [0.2, 0.25) is 18.1 Å². The van der Waals surface area contributed by atoms with Crippen LogP contribution in [0.25, 0.3) is 0 Å². The molecular formula is C31H57NO4Si. The SMILES string of the molecule is C=CCOC(=NO[Si](C)(C)C(C)(C)C)C(C)(C)CCC=CC[C@@H]1[C@H](COCCCCCC)[C@@H]2CC[C@H]1O2. The molecule has 2 heterocycles. The van der Waals surface area contributed by atoms with Crippen LogP contribution in [-0.4, -0.2) is 46.2 Å². The van der Waals surface area contributed by atoms with Crippen molar-refractivity contribution in [3.63, 3.8) is 0 Å². The van der Waals surface area contributed by atoms with Crippen LogP contribution >= 0.6 is 0 Å². The molecular weight excluding hydrogens is 478 g/mol. The van der Waals surface area contributed by atoms with Gasteiger partial charge in [-0.3, -0.25) is 0 Å². The minimum atomic E-state index is -2.01. The van der Waals surface area contributed by atoms with E-state index in [9.17, 15) is 0 Å². The molecule has 2 aliphatic heterocycles. The predicted molar refractivity (Wildman–Crippen MR) is 158 cm³/mol. The third-order valence-electron chi connectivity index (χ3n) is 8.63. The number of hydrogen-bond donors (Lipinski definition) is 0. The fraction of sp³-hybridized carbons (Fsp3) is 0.839. The molecule has 0 spiro atoms. The summed E-state index contributed by atoms with van der Waals surface area (Å²) in [6.07, 6.45) is 17.7. The first-order valence-corrected chi connectivity index (χ1v) is 17.7. The normalized spacial score (nSPS) is 24.7. The van der Waals surface area contributed by atoms with E-state index in [1.54, 1.807) is 6.08 Å². The zero-order valence-corrected chi connectivity index (χ0v) is 26.3. The lowest BCUT2D eigenvalue weighted by Crippen LogP contribution is -2.40. The molecule has 0 N–H and O–H groups in total. The Morgan fingerprint density at radius 1 is 1.03 bits per heavy atom. The maximum Gasteiger partial charge on any atom is 0.286 e. The third-order valence-corrected chi connectivity index (χ3v) is 12.8. The van der Waals surface area contributed by atoms with Gasteiger partial charge in [-0.1, -0.05) is 90.8 Å². The van der Waals surface area contributed by atoms with Crippen molar-refractivity contribution in [3.05, 3.63) is 24.8 Å². The molecule has 2 fully saturated rings. The third kappa shape index (κ3) is 9.85. The number of ether oxygens (including phenoxy) is 3. The predicted octanol–water partition coefficient (Wildman–Crippen LogP) is 8.67. The molecule has 0 amide bonds. The molecule has 2 aliphatic rings. The number of fused-ring (bicyclic) bond motifs is 2. The first kappa shape index (κ1) is 32.1. The minimum absolute atomic E-state index is 0.0915. The summed E-state index contributed by atoms with van der Waals surface area (Å²) in [5, 5.41) is 4.67. The maximum absolute atomic E-state index is 6.29. The van der Waals surface area contributed by atoms with E-state index in [1.807, 2.05) is 0 Å². The summed E-state index contributed by atoms with van der Waals surface area (Å²) < 4.78 is 24.5. The molecule has 6 heteroatoms. The van der Waals surface area contributed by atoms with Gasteiger partial charge in [-0.15, -0.1) is 0 Å². The zero-order chi connectivity index (χ0) is 27.5. The van der Waals surface area contributed by atoms with E-state index in [4.69, 9.17) is 18.7 Å². The summed E-state index contributed by atoms with van der Waals surface area (Å²) >= 11 is 0. The highest BCUT2D eigenvalue weighted by Gasteiger charge is 2.48. The van der Waals surface area contributed by atoms with Crippen LogP contribution in [0.1, 0.15) is 99.3 Å². The van der Waals surface area contributed by atoms with Crippen molar-refractivity contribution in [2.24, 2.45) is 22.4 Å². The maximum atomic E-state index is 6.29. The number of allylic oxidation sites excluding steroid dienone is 2. The van der Waals surface area contributed by atoms with Crippen molar-refractivity contribution in [3.8, 4) is 0 Å². The summed E-state index contributed by atoms with van der Waals surface area (Å²) in [6.45, 7) is 23.7. The second-order valence-electron chi connectivity index (χ2n) is 13.2. The number of unbranched alkanes of at least 4 members (excludes halogenated alkanes) is 3. The van der Waals surface area contributed by atoms with Crippen molar-refractivity contribution in [1.29, 1.82) is 0 Å². The Morgan fingerprint density at radius 3 is 2.38 bits per heavy atom. The Bertz CT molecular complexity index is 740. The van der Waals surface area contributed by atoms with E-state index in [1.165, 1.54) is 38.5 Å². The second kappa shape index (κ2) is 14.9. The van der Waals surface area contributed by atoms with E-state index in [-0.39, 0.29) is 10.5 Å². The molecule has 2 rings (SSSR count). The van der Waals surface area contributed by atoms with Gasteiger partial charge in [0.15, 0.2) is 0 Å². The monoisotopic (exact) mass is 535 g/mol. The van der Waals surface area contributed by atoms with Crippen molar-refractivity contribution < 1.29 is 18.7 Å². The van der Waals surface area contributed by atoms with Gasteiger partial charge in [0.2, 0.25) is 5.90 Å². The standard InChI is InChI=1S/C31H57NO4Si/c1-10-12-13-17-23-33-24-26-25(27-19-20-28(26)35-27)18-15-14-16-21-31(6,7)29(34-22-11-2)32-36-37(8,9)30(3,4)5/h11,14-15,25-28H,2,10,12-13,16-24H2,1,3-9H3/t25-,26+,27-,28+/m1/s1. The summed E-state index contributed by atoms with van der Waals surface area (Å²) in [6, 6.07) is 0. The van der Waals surface area contributed by atoms with Crippen LogP contribution in [0.5, 0.6) is 0 Å². The van der Waals surface area contributed by atoms with Crippen molar-refractivity contribution in [1.82, 2.24) is 0 Å². The molecule has 0 aromatic rings. The van der Waals surface area contributed by atoms with Crippen molar-refractivity contribution in [2.45, 2.75) is 130 Å². The molecule has 0 radical (unpaired) electrons. The lowest BCUT2D eigenvalue weighted by molar-refractivity contribution is 0.0478. The molecule has 4 atom stereocenters. The molecule has 214 valence electrons. The number of rotatable bonds is 17. The molecule has 2 bridgehead atoms. The van der Waals surface area contributed by atoms with Crippen LogP contribution in [-0.2, 0) is 18.7 Å². The van der Waals surface area contributed by atoms with Gasteiger partial charge in [0.1, 0.15) is 6.61 Å². The molecule has 0 aromatic carbocycles. The first-order valence-electron chi connectivity index (χ1n) is 14.8. The van der Waals surface area contributed by atoms with Crippen molar-refractivity contribution in [2.75, 3.05) is 19.8 Å². The molecule has 5 nitrogen and oxygen atoms in total. The molecule has 0 unspecified atom stereocenters. The lowest BCUT2D eigenvalue weighted by Gasteiger charge is -2.34. The average Bonchev–Trinajstić information content (AvgIpc) is 3.42. The fourth-order valence-electron chi connectivity index (χ4n) is 4.98. The van der Waals surface area contributed by atoms with E-state index in [0.717, 1.165) is 32.5 Å². The van der Waals surface area contributed by atoms with Gasteiger partial charge in [0.25, 0.3) is 8.32 Å². The molecule has 37 heavy (non-hydrogen) atoms. The number of oxime groups is 1. The Labute approximate surface area is 229 Å². The Balaban J connectivity index is 1.87. The molecule has 0 aliphatic carbocycles. The summed E-state index contributed by atoms with van der Waals surface area (Å²) in [5.74, 6) is 1.80.